The number of carboxylic acid groups (broad SMARTS) is 1. The second kappa shape index (κ2) is 7.27. The second-order valence-corrected chi connectivity index (χ2v) is 3.96. The Kier molecular flexibility index (Phi) is 5.64. The van der Waals surface area contributed by atoms with E-state index in [4.69, 9.17) is 5.11 Å². The third-order valence-electron chi connectivity index (χ3n) is 2.49. The zero-order chi connectivity index (χ0) is 13.4. The summed E-state index contributed by atoms with van der Waals surface area (Å²) in [4.78, 5) is 22.1. The van der Waals surface area contributed by atoms with E-state index in [1.165, 1.54) is 6.08 Å². The third-order valence-corrected chi connectivity index (χ3v) is 2.49. The van der Waals surface area contributed by atoms with Crippen LogP contribution in [0.15, 0.2) is 36.4 Å². The van der Waals surface area contributed by atoms with Gasteiger partial charge in [-0.05, 0) is 18.1 Å². The van der Waals surface area contributed by atoms with Crippen molar-refractivity contribution in [2.45, 2.75) is 25.8 Å². The predicted molar refractivity (Wildman–Crippen MR) is 70.0 cm³/mol. The number of hydrogen-bond acceptors (Lipinski definition) is 2. The summed E-state index contributed by atoms with van der Waals surface area (Å²) in [5.41, 5.74) is 0.930. The maximum atomic E-state index is 11.6. The summed E-state index contributed by atoms with van der Waals surface area (Å²) in [6.07, 6.45) is 3.65. The smallest absolute Gasteiger partial charge is 0.305 e. The summed E-state index contributed by atoms with van der Waals surface area (Å²) in [5.74, 6) is -1.18. The largest absolute Gasteiger partial charge is 0.481 e. The molecule has 2 N–H and O–H groups in total. The summed E-state index contributed by atoms with van der Waals surface area (Å²) in [5, 5.41) is 11.3. The van der Waals surface area contributed by atoms with Crippen LogP contribution < -0.4 is 5.32 Å². The lowest BCUT2D eigenvalue weighted by Gasteiger charge is -2.12. The molecule has 0 spiro atoms. The molecule has 1 unspecified atom stereocenters. The first-order valence-electron chi connectivity index (χ1n) is 5.87. The fourth-order valence-corrected chi connectivity index (χ4v) is 1.49. The molecule has 0 heterocycles. The van der Waals surface area contributed by atoms with Crippen LogP contribution in [0, 0.1) is 0 Å². The molecule has 96 valence electrons. The Morgan fingerprint density at radius 3 is 2.56 bits per heavy atom. The van der Waals surface area contributed by atoms with Gasteiger partial charge in [0.05, 0.1) is 6.42 Å². The van der Waals surface area contributed by atoms with Crippen molar-refractivity contribution < 1.29 is 14.7 Å². The van der Waals surface area contributed by atoms with E-state index in [0.29, 0.717) is 6.42 Å². The highest BCUT2D eigenvalue weighted by Crippen LogP contribution is 2.02. The van der Waals surface area contributed by atoms with E-state index in [0.717, 1.165) is 5.56 Å². The molecule has 0 aliphatic carbocycles. The van der Waals surface area contributed by atoms with E-state index in [1.54, 1.807) is 6.08 Å². The number of benzene rings is 1. The highest BCUT2D eigenvalue weighted by atomic mass is 16.4. The van der Waals surface area contributed by atoms with Gasteiger partial charge in [-0.25, -0.2) is 0 Å². The molecular weight excluding hydrogens is 230 g/mol. The predicted octanol–water partition coefficient (Wildman–Crippen LogP) is 2.07. The molecule has 1 amide bonds. The molecular formula is C14H17NO3. The maximum Gasteiger partial charge on any atom is 0.305 e. The van der Waals surface area contributed by atoms with Gasteiger partial charge in [-0.2, -0.15) is 0 Å². The molecule has 0 aliphatic heterocycles. The van der Waals surface area contributed by atoms with Crippen molar-refractivity contribution in [3.05, 3.63) is 42.0 Å². The van der Waals surface area contributed by atoms with Gasteiger partial charge in [0.25, 0.3) is 0 Å². The Morgan fingerprint density at radius 2 is 2.00 bits per heavy atom. The number of rotatable bonds is 6. The second-order valence-electron chi connectivity index (χ2n) is 3.96. The van der Waals surface area contributed by atoms with Crippen LogP contribution in [-0.4, -0.2) is 23.0 Å². The van der Waals surface area contributed by atoms with Crippen molar-refractivity contribution in [3.8, 4) is 0 Å². The van der Waals surface area contributed by atoms with Gasteiger partial charge in [-0.3, -0.25) is 9.59 Å². The SMILES string of the molecule is CCC(CC(=O)O)NC(=O)/C=C/c1ccccc1. The topological polar surface area (TPSA) is 66.4 Å². The van der Waals surface area contributed by atoms with Crippen LogP contribution in [0.2, 0.25) is 0 Å². The number of amides is 1. The Hall–Kier alpha value is -2.10. The lowest BCUT2D eigenvalue weighted by atomic mass is 10.1. The van der Waals surface area contributed by atoms with E-state index in [2.05, 4.69) is 5.32 Å². The Balaban J connectivity index is 2.50. The molecule has 4 nitrogen and oxygen atoms in total. The number of nitrogens with one attached hydrogen (secondary N) is 1. The molecule has 0 saturated carbocycles. The lowest BCUT2D eigenvalue weighted by Crippen LogP contribution is -2.34. The number of aliphatic carboxylic acids is 1. The molecule has 1 aromatic carbocycles. The summed E-state index contributed by atoms with van der Waals surface area (Å²) < 4.78 is 0. The van der Waals surface area contributed by atoms with E-state index in [1.807, 2.05) is 37.3 Å². The maximum absolute atomic E-state index is 11.6. The van der Waals surface area contributed by atoms with Crippen molar-refractivity contribution in [3.63, 3.8) is 0 Å². The van der Waals surface area contributed by atoms with Gasteiger partial charge >= 0.3 is 5.97 Å². The average Bonchev–Trinajstić information content (AvgIpc) is 2.36. The van der Waals surface area contributed by atoms with Crippen LogP contribution in [-0.2, 0) is 9.59 Å². The van der Waals surface area contributed by atoms with E-state index in [-0.39, 0.29) is 18.4 Å². The van der Waals surface area contributed by atoms with E-state index >= 15 is 0 Å². The van der Waals surface area contributed by atoms with Gasteiger partial charge in [0, 0.05) is 12.1 Å². The van der Waals surface area contributed by atoms with Crippen molar-refractivity contribution in [2.75, 3.05) is 0 Å². The molecule has 0 saturated heterocycles. The van der Waals surface area contributed by atoms with Crippen LogP contribution in [0.4, 0.5) is 0 Å². The van der Waals surface area contributed by atoms with Crippen molar-refractivity contribution in [2.24, 2.45) is 0 Å². The zero-order valence-electron chi connectivity index (χ0n) is 10.3. The van der Waals surface area contributed by atoms with Crippen LogP contribution in [0.1, 0.15) is 25.3 Å². The van der Waals surface area contributed by atoms with Gasteiger partial charge in [-0.1, -0.05) is 37.3 Å². The minimum atomic E-state index is -0.908. The number of carbonyl (C=O) groups is 2. The Morgan fingerprint density at radius 1 is 1.33 bits per heavy atom. The zero-order valence-corrected chi connectivity index (χ0v) is 10.3. The van der Waals surface area contributed by atoms with Gasteiger partial charge in [0.15, 0.2) is 0 Å². The summed E-state index contributed by atoms with van der Waals surface area (Å²) >= 11 is 0. The highest BCUT2D eigenvalue weighted by Gasteiger charge is 2.12. The Labute approximate surface area is 106 Å². The lowest BCUT2D eigenvalue weighted by molar-refractivity contribution is -0.137. The molecule has 18 heavy (non-hydrogen) atoms. The van der Waals surface area contributed by atoms with Crippen LogP contribution in [0.25, 0.3) is 6.08 Å². The summed E-state index contributed by atoms with van der Waals surface area (Å²) in [7, 11) is 0. The monoisotopic (exact) mass is 247 g/mol. The molecule has 0 fully saturated rings. The minimum absolute atomic E-state index is 0.0541. The summed E-state index contributed by atoms with van der Waals surface area (Å²) in [6, 6.07) is 9.12. The average molecular weight is 247 g/mol. The minimum Gasteiger partial charge on any atom is -0.481 e. The molecule has 0 aliphatic rings. The highest BCUT2D eigenvalue weighted by molar-refractivity contribution is 5.92. The van der Waals surface area contributed by atoms with Crippen LogP contribution >= 0.6 is 0 Å². The molecule has 0 aromatic heterocycles. The van der Waals surface area contributed by atoms with Gasteiger partial charge < -0.3 is 10.4 Å². The van der Waals surface area contributed by atoms with Gasteiger partial charge in [-0.15, -0.1) is 0 Å². The van der Waals surface area contributed by atoms with Gasteiger partial charge in [0.2, 0.25) is 5.91 Å². The normalized spacial score (nSPS) is 12.3. The van der Waals surface area contributed by atoms with Crippen molar-refractivity contribution >= 4 is 18.0 Å². The molecule has 4 heteroatoms. The molecule has 1 atom stereocenters. The van der Waals surface area contributed by atoms with Crippen LogP contribution in [0.3, 0.4) is 0 Å². The van der Waals surface area contributed by atoms with Crippen molar-refractivity contribution in [1.29, 1.82) is 0 Å². The van der Waals surface area contributed by atoms with E-state index < -0.39 is 5.97 Å². The number of carbonyl (C=O) groups excluding carboxylic acids is 1. The molecule has 0 radical (unpaired) electrons. The first-order chi connectivity index (χ1) is 8.61. The summed E-state index contributed by atoms with van der Waals surface area (Å²) in [6.45, 7) is 1.84. The fourth-order valence-electron chi connectivity index (χ4n) is 1.49. The quantitative estimate of drug-likeness (QED) is 0.756. The third kappa shape index (κ3) is 5.30. The first-order valence-corrected chi connectivity index (χ1v) is 5.87. The van der Waals surface area contributed by atoms with Crippen LogP contribution in [0.5, 0.6) is 0 Å². The number of carboxylic acids is 1. The molecule has 1 aromatic rings. The molecule has 0 bridgehead atoms. The molecule has 1 rings (SSSR count). The fraction of sp³-hybridized carbons (Fsp3) is 0.286. The first kappa shape index (κ1) is 14.0. The van der Waals surface area contributed by atoms with E-state index in [9.17, 15) is 9.59 Å². The van der Waals surface area contributed by atoms with Gasteiger partial charge in [0.1, 0.15) is 0 Å². The number of hydrogen-bond donors (Lipinski definition) is 2. The van der Waals surface area contributed by atoms with Crippen molar-refractivity contribution in [1.82, 2.24) is 5.32 Å². The Bertz CT molecular complexity index is 426. The standard InChI is InChI=1S/C14H17NO3/c1-2-12(10-14(17)18)15-13(16)9-8-11-6-4-3-5-7-11/h3-9,12H,2,10H2,1H3,(H,15,16)(H,17,18)/b9-8+.